The molecule has 0 saturated carbocycles. The van der Waals surface area contributed by atoms with Crippen molar-refractivity contribution in [2.45, 2.75) is 0 Å². The summed E-state index contributed by atoms with van der Waals surface area (Å²) in [6.07, 6.45) is 0. The van der Waals surface area contributed by atoms with Gasteiger partial charge in [-0.05, 0) is 35.9 Å². The lowest BCUT2D eigenvalue weighted by Gasteiger charge is -2.26. The first-order chi connectivity index (χ1) is 14.7. The zero-order chi connectivity index (χ0) is 20.9. The molecular formula is C23H23FN4O2. The van der Waals surface area contributed by atoms with Crippen LogP contribution in [0, 0.1) is 17.1 Å². The Balaban J connectivity index is 1.76. The molecule has 1 saturated heterocycles. The molecule has 0 spiro atoms. The van der Waals surface area contributed by atoms with Crippen LogP contribution in [-0.2, 0) is 4.74 Å². The predicted octanol–water partition coefficient (Wildman–Crippen LogP) is 3.67. The molecule has 7 heteroatoms. The van der Waals surface area contributed by atoms with Gasteiger partial charge in [-0.15, -0.1) is 0 Å². The summed E-state index contributed by atoms with van der Waals surface area (Å²) in [5.41, 5.74) is 2.38. The first-order valence-corrected chi connectivity index (χ1v) is 9.91. The van der Waals surface area contributed by atoms with E-state index in [1.807, 2.05) is 18.2 Å². The Bertz CT molecular complexity index is 1090. The lowest BCUT2D eigenvalue weighted by atomic mass is 9.96. The van der Waals surface area contributed by atoms with E-state index in [1.165, 1.54) is 12.1 Å². The van der Waals surface area contributed by atoms with E-state index in [0.29, 0.717) is 40.3 Å². The number of aromatic nitrogens is 1. The third kappa shape index (κ3) is 4.20. The zero-order valence-corrected chi connectivity index (χ0v) is 16.8. The number of morpholine rings is 1. The molecule has 1 aliphatic rings. The number of nitrogens with one attached hydrogen (secondary N) is 1. The number of anilines is 1. The minimum Gasteiger partial charge on any atom is -0.497 e. The van der Waals surface area contributed by atoms with Crippen LogP contribution in [0.4, 0.5) is 10.2 Å². The van der Waals surface area contributed by atoms with Crippen LogP contribution < -0.4 is 10.1 Å². The van der Waals surface area contributed by atoms with Gasteiger partial charge < -0.3 is 14.8 Å². The molecule has 0 bridgehead atoms. The summed E-state index contributed by atoms with van der Waals surface area (Å²) in [5, 5.41) is 14.0. The Hall–Kier alpha value is -3.21. The van der Waals surface area contributed by atoms with Crippen molar-refractivity contribution < 1.29 is 13.9 Å². The van der Waals surface area contributed by atoms with Crippen LogP contribution in [0.1, 0.15) is 5.56 Å². The summed E-state index contributed by atoms with van der Waals surface area (Å²) >= 11 is 0. The van der Waals surface area contributed by atoms with Gasteiger partial charge in [0.2, 0.25) is 0 Å². The first-order valence-electron chi connectivity index (χ1n) is 9.91. The smallest absolute Gasteiger partial charge is 0.145 e. The summed E-state index contributed by atoms with van der Waals surface area (Å²) < 4.78 is 24.7. The minimum absolute atomic E-state index is 0.355. The summed E-state index contributed by atoms with van der Waals surface area (Å²) in [4.78, 5) is 6.99. The number of hydrogen-bond donors (Lipinski definition) is 1. The van der Waals surface area contributed by atoms with E-state index < -0.39 is 0 Å². The summed E-state index contributed by atoms with van der Waals surface area (Å²) in [7, 11) is 1.59. The summed E-state index contributed by atoms with van der Waals surface area (Å²) in [6.45, 7) is 4.74. The van der Waals surface area contributed by atoms with E-state index in [0.717, 1.165) is 38.2 Å². The van der Waals surface area contributed by atoms with Gasteiger partial charge in [0.25, 0.3) is 0 Å². The fourth-order valence-electron chi connectivity index (χ4n) is 3.71. The van der Waals surface area contributed by atoms with Crippen molar-refractivity contribution in [1.82, 2.24) is 9.88 Å². The lowest BCUT2D eigenvalue weighted by molar-refractivity contribution is 0.0398. The highest BCUT2D eigenvalue weighted by atomic mass is 19.1. The number of rotatable bonds is 6. The van der Waals surface area contributed by atoms with Gasteiger partial charge in [-0.2, -0.15) is 5.26 Å². The second kappa shape index (κ2) is 9.08. The number of nitrogens with zero attached hydrogens (tertiary/aromatic N) is 3. The van der Waals surface area contributed by atoms with E-state index in [9.17, 15) is 9.65 Å². The molecule has 6 nitrogen and oxygen atoms in total. The Kier molecular flexibility index (Phi) is 6.07. The standard InChI is InChI=1S/C23H23FN4O2/c1-29-18-5-6-21-19(14-18)22(16-3-2-4-17(24)13-16)20(15-25)23(27-21)26-7-8-28-9-11-30-12-10-28/h2-6,13-14H,7-12H2,1H3,(H,26,27). The number of halogens is 1. The van der Waals surface area contributed by atoms with Crippen LogP contribution in [-0.4, -0.2) is 56.4 Å². The number of fused-ring (bicyclic) bond motifs is 1. The molecule has 1 N–H and O–H groups in total. The molecule has 0 amide bonds. The second-order valence-corrected chi connectivity index (χ2v) is 7.10. The highest BCUT2D eigenvalue weighted by molar-refractivity contribution is 6.00. The number of ether oxygens (including phenoxy) is 2. The molecule has 154 valence electrons. The maximum atomic E-state index is 14.0. The highest BCUT2D eigenvalue weighted by Gasteiger charge is 2.18. The maximum Gasteiger partial charge on any atom is 0.145 e. The fraction of sp³-hybridized carbons (Fsp3) is 0.304. The number of hydrogen-bond acceptors (Lipinski definition) is 6. The summed E-state index contributed by atoms with van der Waals surface area (Å²) in [5.74, 6) is 0.799. The van der Waals surface area contributed by atoms with Crippen LogP contribution in [0.15, 0.2) is 42.5 Å². The fourth-order valence-corrected chi connectivity index (χ4v) is 3.71. The van der Waals surface area contributed by atoms with Crippen LogP contribution in [0.3, 0.4) is 0 Å². The van der Waals surface area contributed by atoms with Gasteiger partial charge in [-0.25, -0.2) is 9.37 Å². The molecule has 2 aromatic carbocycles. The lowest BCUT2D eigenvalue weighted by Crippen LogP contribution is -2.39. The van der Waals surface area contributed by atoms with Crippen molar-refractivity contribution in [1.29, 1.82) is 5.26 Å². The van der Waals surface area contributed by atoms with Crippen molar-refractivity contribution in [2.24, 2.45) is 0 Å². The van der Waals surface area contributed by atoms with E-state index in [-0.39, 0.29) is 5.82 Å². The van der Waals surface area contributed by atoms with Crippen molar-refractivity contribution in [3.05, 3.63) is 53.8 Å². The molecule has 4 rings (SSSR count). The first kappa shape index (κ1) is 20.1. The average molecular weight is 406 g/mol. The van der Waals surface area contributed by atoms with Crippen molar-refractivity contribution >= 4 is 16.7 Å². The molecule has 1 aromatic heterocycles. The highest BCUT2D eigenvalue weighted by Crippen LogP contribution is 2.36. The average Bonchev–Trinajstić information content (AvgIpc) is 2.78. The Morgan fingerprint density at radius 3 is 2.80 bits per heavy atom. The maximum absolute atomic E-state index is 14.0. The number of nitriles is 1. The van der Waals surface area contributed by atoms with Gasteiger partial charge >= 0.3 is 0 Å². The molecule has 0 aliphatic carbocycles. The van der Waals surface area contributed by atoms with Gasteiger partial charge in [-0.3, -0.25) is 4.90 Å². The van der Waals surface area contributed by atoms with E-state index in [2.05, 4.69) is 21.3 Å². The van der Waals surface area contributed by atoms with Crippen molar-refractivity contribution in [2.75, 3.05) is 51.8 Å². The monoisotopic (exact) mass is 406 g/mol. The molecule has 3 aromatic rings. The van der Waals surface area contributed by atoms with E-state index in [1.54, 1.807) is 19.2 Å². The van der Waals surface area contributed by atoms with E-state index >= 15 is 0 Å². The molecule has 1 fully saturated rings. The Labute approximate surface area is 174 Å². The van der Waals surface area contributed by atoms with Gasteiger partial charge in [0.05, 0.1) is 25.8 Å². The van der Waals surface area contributed by atoms with Gasteiger partial charge in [0, 0.05) is 37.1 Å². The minimum atomic E-state index is -0.355. The Morgan fingerprint density at radius 1 is 1.23 bits per heavy atom. The molecule has 2 heterocycles. The third-order valence-electron chi connectivity index (χ3n) is 5.24. The van der Waals surface area contributed by atoms with E-state index in [4.69, 9.17) is 9.47 Å². The van der Waals surface area contributed by atoms with Crippen LogP contribution in [0.2, 0.25) is 0 Å². The Morgan fingerprint density at radius 2 is 2.07 bits per heavy atom. The SMILES string of the molecule is COc1ccc2nc(NCCN3CCOCC3)c(C#N)c(-c3cccc(F)c3)c2c1. The van der Waals surface area contributed by atoms with Crippen LogP contribution in [0.5, 0.6) is 5.75 Å². The van der Waals surface area contributed by atoms with Gasteiger partial charge in [-0.1, -0.05) is 12.1 Å². The molecular weight excluding hydrogens is 383 g/mol. The number of methoxy groups -OCH3 is 1. The third-order valence-corrected chi connectivity index (χ3v) is 5.24. The van der Waals surface area contributed by atoms with Gasteiger partial charge in [0.15, 0.2) is 0 Å². The molecule has 0 unspecified atom stereocenters. The van der Waals surface area contributed by atoms with Crippen molar-refractivity contribution in [3.8, 4) is 22.9 Å². The van der Waals surface area contributed by atoms with Crippen LogP contribution >= 0.6 is 0 Å². The molecule has 0 atom stereocenters. The molecule has 30 heavy (non-hydrogen) atoms. The molecule has 0 radical (unpaired) electrons. The predicted molar refractivity (Wildman–Crippen MR) is 114 cm³/mol. The molecule has 1 aliphatic heterocycles. The largest absolute Gasteiger partial charge is 0.497 e. The van der Waals surface area contributed by atoms with Crippen molar-refractivity contribution in [3.63, 3.8) is 0 Å². The number of benzene rings is 2. The summed E-state index contributed by atoms with van der Waals surface area (Å²) in [6, 6.07) is 14.1. The normalized spacial score (nSPS) is 14.4. The number of pyridine rings is 1. The second-order valence-electron chi connectivity index (χ2n) is 7.10. The van der Waals surface area contributed by atoms with Gasteiger partial charge in [0.1, 0.15) is 29.0 Å². The van der Waals surface area contributed by atoms with Crippen LogP contribution in [0.25, 0.3) is 22.0 Å². The zero-order valence-electron chi connectivity index (χ0n) is 16.8. The quantitative estimate of drug-likeness (QED) is 0.674. The topological polar surface area (TPSA) is 70.4 Å².